The first-order valence-electron chi connectivity index (χ1n) is 13.5. The number of rotatable bonds is 8. The molecule has 7 nitrogen and oxygen atoms in total. The summed E-state index contributed by atoms with van der Waals surface area (Å²) in [7, 11) is 0. The lowest BCUT2D eigenvalue weighted by molar-refractivity contribution is -0.143. The van der Waals surface area contributed by atoms with Gasteiger partial charge in [0, 0.05) is 33.8 Å². The number of aliphatic imine (C=N–C) groups is 1. The summed E-state index contributed by atoms with van der Waals surface area (Å²) in [4.78, 5) is 31.8. The number of aromatic nitrogens is 1. The number of carbonyl (C=O) groups excluding carboxylic acids is 2. The lowest BCUT2D eigenvalue weighted by Crippen LogP contribution is -2.28. The van der Waals surface area contributed by atoms with Gasteiger partial charge in [-0.25, -0.2) is 4.99 Å². The first kappa shape index (κ1) is 26.9. The minimum absolute atomic E-state index is 0.129. The fourth-order valence-corrected chi connectivity index (χ4v) is 6.56. The molecule has 39 heavy (non-hydrogen) atoms. The maximum atomic E-state index is 13.5. The monoisotopic (exact) mass is 545 g/mol. The Hall–Kier alpha value is -3.65. The van der Waals surface area contributed by atoms with E-state index in [4.69, 9.17) is 14.1 Å². The van der Waals surface area contributed by atoms with Crippen molar-refractivity contribution in [3.63, 3.8) is 0 Å². The Balaban J connectivity index is 1.49. The molecular weight excluding hydrogens is 510 g/mol. The van der Waals surface area contributed by atoms with Crippen LogP contribution in [-0.2, 0) is 35.5 Å². The molecule has 0 radical (unpaired) electrons. The lowest BCUT2D eigenvalue weighted by atomic mass is 9.72. The summed E-state index contributed by atoms with van der Waals surface area (Å²) < 4.78 is 12.5. The number of nitrogens with one attached hydrogen (secondary N) is 1. The number of hydrogen-bond acceptors (Lipinski definition) is 6. The molecule has 3 heterocycles. The maximum Gasteiger partial charge on any atom is 0.325 e. The number of carbonyl (C=O) groups is 2. The second-order valence-electron chi connectivity index (χ2n) is 11.0. The number of hydrogen-bond donors (Lipinski definition) is 1. The van der Waals surface area contributed by atoms with Gasteiger partial charge in [-0.15, -0.1) is 11.3 Å². The normalized spacial score (nSPS) is 15.5. The third-order valence-corrected chi connectivity index (χ3v) is 8.61. The Kier molecular flexibility index (Phi) is 7.75. The quantitative estimate of drug-likeness (QED) is 0.197. The molecule has 204 valence electrons. The van der Waals surface area contributed by atoms with Crippen LogP contribution in [0.15, 0.2) is 58.3 Å². The van der Waals surface area contributed by atoms with E-state index < -0.39 is 0 Å². The van der Waals surface area contributed by atoms with E-state index in [1.807, 2.05) is 53.4 Å². The molecule has 1 atom stereocenters. The second-order valence-corrected chi connectivity index (χ2v) is 12.1. The smallest absolute Gasteiger partial charge is 0.325 e. The predicted molar refractivity (Wildman–Crippen MR) is 155 cm³/mol. The molecule has 5 rings (SSSR count). The number of ether oxygens (including phenoxy) is 1. The van der Waals surface area contributed by atoms with Crippen LogP contribution in [0.5, 0.6) is 0 Å². The van der Waals surface area contributed by atoms with Crippen molar-refractivity contribution in [1.29, 1.82) is 0 Å². The van der Waals surface area contributed by atoms with Crippen LogP contribution in [0.4, 0.5) is 5.00 Å². The third kappa shape index (κ3) is 5.86. The third-order valence-electron chi connectivity index (χ3n) is 7.45. The standard InChI is InChI=1S/C31H35N3O4S/c1-5-37-27(35)19-34-18-20(23-10-6-7-11-25(23)34)16-33-30-28(29(36)32-17-22-9-8-14-38-22)24-13-12-21(31(2,3)4)15-26(24)39-30/h6-11,14,16,18,21H,5,12-13,15,17,19H2,1-4H3,(H,32,36)/t21-/m1/s1. The van der Waals surface area contributed by atoms with Crippen LogP contribution < -0.4 is 5.32 Å². The van der Waals surface area contributed by atoms with Crippen LogP contribution in [0.1, 0.15) is 66.2 Å². The molecule has 0 aliphatic heterocycles. The highest BCUT2D eigenvalue weighted by molar-refractivity contribution is 7.16. The zero-order chi connectivity index (χ0) is 27.6. The van der Waals surface area contributed by atoms with Crippen LogP contribution in [-0.4, -0.2) is 29.3 Å². The fraction of sp³-hybridized carbons (Fsp3) is 0.387. The van der Waals surface area contributed by atoms with Gasteiger partial charge in [0.1, 0.15) is 17.3 Å². The molecular formula is C31H35N3O4S. The molecule has 0 unspecified atom stereocenters. The molecule has 1 aromatic carbocycles. The summed E-state index contributed by atoms with van der Waals surface area (Å²) in [5, 5.41) is 4.74. The fourth-order valence-electron chi connectivity index (χ4n) is 5.29. The van der Waals surface area contributed by atoms with Crippen molar-refractivity contribution in [1.82, 2.24) is 9.88 Å². The highest BCUT2D eigenvalue weighted by atomic mass is 32.1. The molecule has 1 N–H and O–H groups in total. The minimum atomic E-state index is -0.281. The molecule has 8 heteroatoms. The Morgan fingerprint density at radius 1 is 1.23 bits per heavy atom. The average Bonchev–Trinajstić information content (AvgIpc) is 3.63. The number of benzene rings is 1. The van der Waals surface area contributed by atoms with Gasteiger partial charge in [-0.2, -0.15) is 0 Å². The molecule has 0 spiro atoms. The van der Waals surface area contributed by atoms with E-state index >= 15 is 0 Å². The van der Waals surface area contributed by atoms with Crippen molar-refractivity contribution in [2.24, 2.45) is 16.3 Å². The molecule has 1 aliphatic rings. The Morgan fingerprint density at radius 3 is 2.79 bits per heavy atom. The summed E-state index contributed by atoms with van der Waals surface area (Å²) in [5.41, 5.74) is 3.81. The van der Waals surface area contributed by atoms with E-state index in [1.165, 1.54) is 4.88 Å². The summed E-state index contributed by atoms with van der Waals surface area (Å²) in [6.07, 6.45) is 8.21. The van der Waals surface area contributed by atoms with Gasteiger partial charge in [0.25, 0.3) is 5.91 Å². The minimum Gasteiger partial charge on any atom is -0.467 e. The molecule has 0 saturated heterocycles. The Bertz CT molecular complexity index is 1500. The zero-order valence-corrected chi connectivity index (χ0v) is 23.8. The molecule has 1 amide bonds. The van der Waals surface area contributed by atoms with Crippen molar-refractivity contribution >= 4 is 45.3 Å². The molecule has 3 aromatic heterocycles. The van der Waals surface area contributed by atoms with Crippen LogP contribution in [0, 0.1) is 11.3 Å². The van der Waals surface area contributed by atoms with E-state index in [1.54, 1.807) is 24.5 Å². The lowest BCUT2D eigenvalue weighted by Gasteiger charge is -2.33. The number of para-hydroxylation sites is 1. The summed E-state index contributed by atoms with van der Waals surface area (Å²) in [6.45, 7) is 9.47. The number of esters is 1. The summed E-state index contributed by atoms with van der Waals surface area (Å²) >= 11 is 1.62. The average molecular weight is 546 g/mol. The van der Waals surface area contributed by atoms with Crippen molar-refractivity contribution < 1.29 is 18.7 Å². The van der Waals surface area contributed by atoms with Gasteiger partial charge < -0.3 is 19.0 Å². The topological polar surface area (TPSA) is 85.8 Å². The van der Waals surface area contributed by atoms with Crippen LogP contribution in [0.2, 0.25) is 0 Å². The van der Waals surface area contributed by atoms with Gasteiger partial charge >= 0.3 is 5.97 Å². The highest BCUT2D eigenvalue weighted by Crippen LogP contribution is 2.45. The molecule has 0 fully saturated rings. The zero-order valence-electron chi connectivity index (χ0n) is 23.0. The molecule has 4 aromatic rings. The SMILES string of the molecule is CCOC(=O)Cn1cc(C=Nc2sc3c(c2C(=O)NCc2ccco2)CC[C@@H](C(C)(C)C)C3)c2ccccc21. The van der Waals surface area contributed by atoms with E-state index in [9.17, 15) is 9.59 Å². The van der Waals surface area contributed by atoms with Gasteiger partial charge in [-0.05, 0) is 61.3 Å². The van der Waals surface area contributed by atoms with Gasteiger partial charge in [0.15, 0.2) is 0 Å². The van der Waals surface area contributed by atoms with E-state index in [0.29, 0.717) is 35.4 Å². The van der Waals surface area contributed by atoms with Gasteiger partial charge in [-0.3, -0.25) is 9.59 Å². The molecule has 1 aliphatic carbocycles. The van der Waals surface area contributed by atoms with Crippen molar-refractivity contribution in [3.05, 3.63) is 76.2 Å². The number of amides is 1. The maximum absolute atomic E-state index is 13.5. The first-order chi connectivity index (χ1) is 18.7. The van der Waals surface area contributed by atoms with Crippen LogP contribution in [0.25, 0.3) is 10.9 Å². The van der Waals surface area contributed by atoms with Crippen molar-refractivity contribution in [2.75, 3.05) is 6.61 Å². The highest BCUT2D eigenvalue weighted by Gasteiger charge is 2.33. The van der Waals surface area contributed by atoms with Crippen molar-refractivity contribution in [2.45, 2.75) is 60.0 Å². The first-order valence-corrected chi connectivity index (χ1v) is 14.3. The van der Waals surface area contributed by atoms with E-state index in [2.05, 4.69) is 26.1 Å². The summed E-state index contributed by atoms with van der Waals surface area (Å²) in [5.74, 6) is 0.853. The predicted octanol–water partition coefficient (Wildman–Crippen LogP) is 6.69. The van der Waals surface area contributed by atoms with Gasteiger partial charge in [-0.1, -0.05) is 39.0 Å². The van der Waals surface area contributed by atoms with E-state index in [0.717, 1.165) is 41.3 Å². The van der Waals surface area contributed by atoms with Gasteiger partial charge in [0.05, 0.1) is 25.0 Å². The molecule has 0 saturated carbocycles. The van der Waals surface area contributed by atoms with Gasteiger partial charge in [0.2, 0.25) is 0 Å². The summed E-state index contributed by atoms with van der Waals surface area (Å²) in [6, 6.07) is 11.6. The number of furan rings is 1. The molecule has 0 bridgehead atoms. The Labute approximate surface area is 232 Å². The number of thiophene rings is 1. The van der Waals surface area contributed by atoms with Crippen molar-refractivity contribution in [3.8, 4) is 0 Å². The Morgan fingerprint density at radius 2 is 2.05 bits per heavy atom. The number of fused-ring (bicyclic) bond motifs is 2. The largest absolute Gasteiger partial charge is 0.467 e. The van der Waals surface area contributed by atoms with E-state index in [-0.39, 0.29) is 23.8 Å². The van der Waals surface area contributed by atoms with Crippen LogP contribution in [0.3, 0.4) is 0 Å². The van der Waals surface area contributed by atoms with Crippen LogP contribution >= 0.6 is 11.3 Å². The number of nitrogens with zero attached hydrogens (tertiary/aromatic N) is 2. The second kappa shape index (κ2) is 11.2.